The van der Waals surface area contributed by atoms with Crippen LogP contribution in [0.3, 0.4) is 0 Å². The van der Waals surface area contributed by atoms with Crippen molar-refractivity contribution in [2.75, 3.05) is 0 Å². The Hall–Kier alpha value is -2.34. The minimum atomic E-state index is -4.98. The van der Waals surface area contributed by atoms with Crippen LogP contribution in [0.2, 0.25) is 0 Å². The van der Waals surface area contributed by atoms with E-state index in [0.29, 0.717) is 52.6 Å². The number of allylic oxidation sites excluding steroid dienone is 2. The zero-order valence-electron chi connectivity index (χ0n) is 19.2. The van der Waals surface area contributed by atoms with Crippen LogP contribution in [0.5, 0.6) is 5.75 Å². The van der Waals surface area contributed by atoms with E-state index in [2.05, 4.69) is 20.9 Å². The molecule has 0 radical (unpaired) electrons. The summed E-state index contributed by atoms with van der Waals surface area (Å²) in [5, 5.41) is 11.4. The zero-order valence-corrected chi connectivity index (χ0v) is 22.8. The van der Waals surface area contributed by atoms with Crippen LogP contribution in [0, 0.1) is 17.5 Å². The van der Waals surface area contributed by atoms with Crippen molar-refractivity contribution in [3.05, 3.63) is 92.5 Å². The van der Waals surface area contributed by atoms with Gasteiger partial charge >= 0.3 is 35.7 Å². The Kier molecular flexibility index (Phi) is 9.15. The molecule has 12 heteroatoms. The van der Waals surface area contributed by atoms with E-state index in [1.807, 2.05) is 0 Å². The third-order valence-electron chi connectivity index (χ3n) is 5.69. The Morgan fingerprint density at radius 1 is 1.03 bits per heavy atom. The van der Waals surface area contributed by atoms with Gasteiger partial charge in [0.25, 0.3) is 0 Å². The number of carboxylic acids is 1. The number of alkyl halides is 3. The van der Waals surface area contributed by atoms with Crippen molar-refractivity contribution in [2.24, 2.45) is 0 Å². The minimum Gasteiger partial charge on any atom is -0.545 e. The molecule has 188 valence electrons. The summed E-state index contributed by atoms with van der Waals surface area (Å²) in [6.07, 6.45) is -2.51. The summed E-state index contributed by atoms with van der Waals surface area (Å²) < 4.78 is 87.2. The monoisotopic (exact) mass is 593 g/mol. The summed E-state index contributed by atoms with van der Waals surface area (Å²) >= 11 is 3.35. The molecule has 0 aliphatic heterocycles. The summed E-state index contributed by atoms with van der Waals surface area (Å²) in [7, 11) is 0. The molecule has 0 bridgehead atoms. The van der Waals surface area contributed by atoms with E-state index in [0.717, 1.165) is 12.3 Å². The molecule has 1 aromatic heterocycles. The summed E-state index contributed by atoms with van der Waals surface area (Å²) in [4.78, 5) is 14.8. The molecule has 0 N–H and O–H groups in total. The first-order chi connectivity index (χ1) is 17.0. The molecule has 0 fully saturated rings. The molecule has 0 saturated heterocycles. The number of aromatic nitrogens is 1. The first-order valence-electron chi connectivity index (χ1n) is 10.5. The van der Waals surface area contributed by atoms with Crippen molar-refractivity contribution in [3.63, 3.8) is 0 Å². The van der Waals surface area contributed by atoms with E-state index in [9.17, 15) is 36.2 Å². The molecule has 1 heterocycles. The van der Waals surface area contributed by atoms with Crippen LogP contribution >= 0.6 is 15.9 Å². The average Bonchev–Trinajstić information content (AvgIpc) is 3.28. The Bertz CT molecular complexity index is 1370. The van der Waals surface area contributed by atoms with Gasteiger partial charge in [-0.05, 0) is 60.2 Å². The fourth-order valence-corrected chi connectivity index (χ4v) is 4.46. The summed E-state index contributed by atoms with van der Waals surface area (Å²) in [6.45, 7) is -0.550. The third kappa shape index (κ3) is 6.39. The number of halogens is 7. The maximum atomic E-state index is 14.1. The second-order valence-corrected chi connectivity index (χ2v) is 8.91. The van der Waals surface area contributed by atoms with Gasteiger partial charge < -0.3 is 14.6 Å². The Morgan fingerprint density at radius 2 is 1.68 bits per heavy atom. The Labute approximate surface area is 237 Å². The molecule has 0 saturated carbocycles. The van der Waals surface area contributed by atoms with Crippen molar-refractivity contribution in [1.29, 1.82) is 0 Å². The molecule has 0 atom stereocenters. The predicted molar refractivity (Wildman–Crippen MR) is 119 cm³/mol. The van der Waals surface area contributed by atoms with Gasteiger partial charge in [0.05, 0.1) is 11.5 Å². The van der Waals surface area contributed by atoms with Gasteiger partial charge in [0.15, 0.2) is 5.69 Å². The molecule has 0 amide bonds. The normalized spacial score (nSPS) is 13.5. The number of aromatic carboxylic acids is 1. The van der Waals surface area contributed by atoms with Crippen LogP contribution < -0.4 is 39.4 Å². The molecule has 0 spiro atoms. The van der Waals surface area contributed by atoms with Crippen LogP contribution in [0.4, 0.5) is 26.3 Å². The van der Waals surface area contributed by atoms with Gasteiger partial charge in [-0.2, -0.15) is 13.2 Å². The third-order valence-corrected chi connectivity index (χ3v) is 6.18. The van der Waals surface area contributed by atoms with Crippen LogP contribution in [0.25, 0.3) is 11.1 Å². The van der Waals surface area contributed by atoms with Gasteiger partial charge in [0.1, 0.15) is 29.8 Å². The van der Waals surface area contributed by atoms with Gasteiger partial charge in [-0.3, -0.25) is 4.98 Å². The van der Waals surface area contributed by atoms with Crippen LogP contribution in [0.15, 0.2) is 47.1 Å². The summed E-state index contributed by atoms with van der Waals surface area (Å²) in [6, 6.07) is 6.79. The first-order valence-corrected chi connectivity index (χ1v) is 11.3. The number of ether oxygens (including phenoxy) is 1. The maximum absolute atomic E-state index is 14.1. The molecule has 0 unspecified atom stereocenters. The van der Waals surface area contributed by atoms with Gasteiger partial charge in [-0.15, -0.1) is 0 Å². The van der Waals surface area contributed by atoms with Gasteiger partial charge in [0, 0.05) is 33.9 Å². The second-order valence-electron chi connectivity index (χ2n) is 7.99. The molecule has 2 aromatic carbocycles. The van der Waals surface area contributed by atoms with Gasteiger partial charge in [-0.25, -0.2) is 13.2 Å². The number of benzene rings is 2. The Balaban J connectivity index is 0.00000380. The van der Waals surface area contributed by atoms with Crippen molar-refractivity contribution in [3.8, 4) is 5.75 Å². The molecule has 4 rings (SSSR count). The van der Waals surface area contributed by atoms with Crippen LogP contribution in [0.1, 0.15) is 52.0 Å². The van der Waals surface area contributed by atoms with Gasteiger partial charge in [-0.1, -0.05) is 15.9 Å². The topological polar surface area (TPSA) is 62.2 Å². The first kappa shape index (κ1) is 29.2. The fourth-order valence-electron chi connectivity index (χ4n) is 4.09. The number of carboxylic acid groups (broad SMARTS) is 1. The molecular formula is C25H15BrF6NNaO3. The number of pyridine rings is 1. The molecule has 37 heavy (non-hydrogen) atoms. The SMILES string of the molecule is O=C([O-])c1cc(C2=C(c3cc(Br)ccc3OCc3c(F)cc(F)cc3F)CCC2)cnc1C(F)(F)F.[Na+]. The number of hydrogen-bond acceptors (Lipinski definition) is 4. The fraction of sp³-hybridized carbons (Fsp3) is 0.200. The number of rotatable bonds is 6. The van der Waals surface area contributed by atoms with E-state index in [1.165, 1.54) is 0 Å². The predicted octanol–water partition coefficient (Wildman–Crippen LogP) is 3.32. The number of carbonyl (C=O) groups is 1. The van der Waals surface area contributed by atoms with Crippen molar-refractivity contribution in [2.45, 2.75) is 32.0 Å². The smallest absolute Gasteiger partial charge is 0.545 e. The largest absolute Gasteiger partial charge is 1.00 e. The zero-order chi connectivity index (χ0) is 26.2. The Morgan fingerprint density at radius 3 is 2.30 bits per heavy atom. The molecule has 3 aromatic rings. The van der Waals surface area contributed by atoms with E-state index in [4.69, 9.17) is 4.74 Å². The summed E-state index contributed by atoms with van der Waals surface area (Å²) in [5.41, 5.74) is -1.23. The number of hydrogen-bond donors (Lipinski definition) is 0. The van der Waals surface area contributed by atoms with Crippen molar-refractivity contribution < 1.29 is 70.5 Å². The standard InChI is InChI=1S/C25H16BrF6NO3.Na/c26-13-4-5-22(36-11-19-20(28)8-14(27)9-21(19)29)17(7-13)16-3-1-2-15(16)12-6-18(24(34)35)23(33-10-12)25(30,31)32;/h4-10H,1-3,11H2,(H,34,35);/q;+1/p-1. The molecule has 4 nitrogen and oxygen atoms in total. The molecule has 1 aliphatic carbocycles. The van der Waals surface area contributed by atoms with E-state index >= 15 is 0 Å². The van der Waals surface area contributed by atoms with E-state index in [1.54, 1.807) is 18.2 Å². The van der Waals surface area contributed by atoms with Crippen molar-refractivity contribution in [1.82, 2.24) is 4.98 Å². The van der Waals surface area contributed by atoms with E-state index in [-0.39, 0.29) is 40.9 Å². The second kappa shape index (κ2) is 11.6. The van der Waals surface area contributed by atoms with Crippen LogP contribution in [-0.4, -0.2) is 11.0 Å². The number of carbonyl (C=O) groups excluding carboxylic acids is 1. The summed E-state index contributed by atoms with van der Waals surface area (Å²) in [5.74, 6) is -5.09. The maximum Gasteiger partial charge on any atom is 1.00 e. The van der Waals surface area contributed by atoms with Crippen molar-refractivity contribution >= 4 is 33.0 Å². The van der Waals surface area contributed by atoms with Crippen LogP contribution in [-0.2, 0) is 12.8 Å². The van der Waals surface area contributed by atoms with Gasteiger partial charge in [0.2, 0.25) is 0 Å². The molecule has 1 aliphatic rings. The number of nitrogens with zero attached hydrogens (tertiary/aromatic N) is 1. The molecular weight excluding hydrogens is 579 g/mol. The average molecular weight is 594 g/mol. The van der Waals surface area contributed by atoms with E-state index < -0.39 is 53.0 Å². The minimum absolute atomic E-state index is 0. The quantitative estimate of drug-likeness (QED) is 0.325.